The highest BCUT2D eigenvalue weighted by Gasteiger charge is 2.21. The van der Waals surface area contributed by atoms with Gasteiger partial charge in [0.2, 0.25) is 0 Å². The maximum Gasteiger partial charge on any atom is 0.326 e. The van der Waals surface area contributed by atoms with Gasteiger partial charge in [-0.3, -0.25) is 4.79 Å². The number of benzene rings is 1. The van der Waals surface area contributed by atoms with E-state index in [1.165, 1.54) is 44.8 Å². The van der Waals surface area contributed by atoms with Crippen LogP contribution in [-0.2, 0) is 9.53 Å². The third-order valence-corrected chi connectivity index (χ3v) is 4.46. The minimum absolute atomic E-state index is 0.248. The molecular weight excluding hydrogens is 294 g/mol. The highest BCUT2D eigenvalue weighted by Crippen LogP contribution is 2.32. The van der Waals surface area contributed by atoms with Crippen molar-refractivity contribution in [2.24, 2.45) is 0 Å². The lowest BCUT2D eigenvalue weighted by atomic mass is 9.84. The Balaban J connectivity index is 1.97. The van der Waals surface area contributed by atoms with Crippen molar-refractivity contribution in [2.45, 2.75) is 50.5 Å². The monoisotopic (exact) mass is 319 g/mol. The average molecular weight is 319 g/mol. The lowest BCUT2D eigenvalue weighted by molar-refractivity contribution is -0.139. The average Bonchev–Trinajstić information content (AvgIpc) is 2.59. The van der Waals surface area contributed by atoms with E-state index in [1.54, 1.807) is 12.1 Å². The molecular formula is C18H25NO4. The summed E-state index contributed by atoms with van der Waals surface area (Å²) >= 11 is 0. The fourth-order valence-corrected chi connectivity index (χ4v) is 3.08. The van der Waals surface area contributed by atoms with E-state index in [1.807, 2.05) is 12.1 Å². The smallest absolute Gasteiger partial charge is 0.326 e. The second kappa shape index (κ2) is 8.67. The van der Waals surface area contributed by atoms with E-state index in [9.17, 15) is 9.59 Å². The van der Waals surface area contributed by atoms with Crippen LogP contribution in [-0.4, -0.2) is 36.7 Å². The highest BCUT2D eigenvalue weighted by atomic mass is 16.5. The molecule has 0 aliphatic heterocycles. The van der Waals surface area contributed by atoms with Crippen LogP contribution >= 0.6 is 0 Å². The van der Waals surface area contributed by atoms with Gasteiger partial charge < -0.3 is 15.2 Å². The molecule has 1 aromatic carbocycles. The highest BCUT2D eigenvalue weighted by molar-refractivity contribution is 5.96. The molecule has 0 heterocycles. The number of carboxylic acids is 1. The van der Waals surface area contributed by atoms with Crippen molar-refractivity contribution in [2.75, 3.05) is 13.7 Å². The Bertz CT molecular complexity index is 520. The number of methoxy groups -OCH3 is 1. The lowest BCUT2D eigenvalue weighted by Gasteiger charge is -2.22. The van der Waals surface area contributed by atoms with E-state index in [2.05, 4.69) is 5.32 Å². The molecule has 0 bridgehead atoms. The van der Waals surface area contributed by atoms with Crippen LogP contribution in [0.15, 0.2) is 24.3 Å². The zero-order valence-corrected chi connectivity index (χ0v) is 13.6. The minimum Gasteiger partial charge on any atom is -0.480 e. The van der Waals surface area contributed by atoms with Gasteiger partial charge in [0, 0.05) is 25.7 Å². The molecule has 5 heteroatoms. The maximum absolute atomic E-state index is 12.2. The molecule has 2 N–H and O–H groups in total. The van der Waals surface area contributed by atoms with Gasteiger partial charge in [-0.15, -0.1) is 0 Å². The number of hydrogen-bond donors (Lipinski definition) is 2. The molecule has 126 valence electrons. The number of rotatable bonds is 7. The SMILES string of the molecule is COCCC(NC(=O)c1ccc(C2CCCCC2)cc1)C(=O)O. The van der Waals surface area contributed by atoms with Gasteiger partial charge in [0.25, 0.3) is 5.91 Å². The summed E-state index contributed by atoms with van der Waals surface area (Å²) in [6.45, 7) is 0.290. The molecule has 0 radical (unpaired) electrons. The first-order valence-electron chi connectivity index (χ1n) is 8.24. The van der Waals surface area contributed by atoms with Crippen LogP contribution in [0, 0.1) is 0 Å². The molecule has 1 aliphatic carbocycles. The van der Waals surface area contributed by atoms with E-state index in [-0.39, 0.29) is 18.9 Å². The first-order valence-corrected chi connectivity index (χ1v) is 8.24. The van der Waals surface area contributed by atoms with Gasteiger partial charge in [0.1, 0.15) is 6.04 Å². The zero-order valence-electron chi connectivity index (χ0n) is 13.6. The predicted octanol–water partition coefficient (Wildman–Crippen LogP) is 2.95. The van der Waals surface area contributed by atoms with Gasteiger partial charge >= 0.3 is 5.97 Å². The van der Waals surface area contributed by atoms with Gasteiger partial charge in [0.05, 0.1) is 0 Å². The zero-order chi connectivity index (χ0) is 16.7. The molecule has 1 aromatic rings. The Morgan fingerprint density at radius 2 is 1.87 bits per heavy atom. The normalized spacial score (nSPS) is 16.7. The third kappa shape index (κ3) is 5.06. The number of carbonyl (C=O) groups is 2. The summed E-state index contributed by atoms with van der Waals surface area (Å²) in [5, 5.41) is 11.7. The topological polar surface area (TPSA) is 75.6 Å². The maximum atomic E-state index is 12.2. The first-order chi connectivity index (χ1) is 11.1. The number of nitrogens with one attached hydrogen (secondary N) is 1. The van der Waals surface area contributed by atoms with Crippen molar-refractivity contribution in [3.8, 4) is 0 Å². The summed E-state index contributed by atoms with van der Waals surface area (Å²) < 4.78 is 4.88. The second-order valence-electron chi connectivity index (χ2n) is 6.10. The van der Waals surface area contributed by atoms with Crippen molar-refractivity contribution in [1.29, 1.82) is 0 Å². The second-order valence-corrected chi connectivity index (χ2v) is 6.10. The van der Waals surface area contributed by atoms with Crippen LogP contribution in [0.25, 0.3) is 0 Å². The quantitative estimate of drug-likeness (QED) is 0.810. The Labute approximate surface area is 137 Å². The van der Waals surface area contributed by atoms with Crippen LogP contribution < -0.4 is 5.32 Å². The molecule has 5 nitrogen and oxygen atoms in total. The minimum atomic E-state index is -1.05. The van der Waals surface area contributed by atoms with E-state index < -0.39 is 12.0 Å². The lowest BCUT2D eigenvalue weighted by Crippen LogP contribution is -2.41. The fraction of sp³-hybridized carbons (Fsp3) is 0.556. The Morgan fingerprint density at radius 1 is 1.22 bits per heavy atom. The van der Waals surface area contributed by atoms with Gasteiger partial charge in [0.15, 0.2) is 0 Å². The molecule has 1 unspecified atom stereocenters. The van der Waals surface area contributed by atoms with Crippen molar-refractivity contribution in [3.05, 3.63) is 35.4 Å². The van der Waals surface area contributed by atoms with Gasteiger partial charge in [-0.05, 0) is 36.5 Å². The standard InChI is InChI=1S/C18H25NO4/c1-23-12-11-16(18(21)22)19-17(20)15-9-7-14(8-10-15)13-5-3-2-4-6-13/h7-10,13,16H,2-6,11-12H2,1H3,(H,19,20)(H,21,22). The molecule has 2 rings (SSSR count). The van der Waals surface area contributed by atoms with E-state index >= 15 is 0 Å². The number of ether oxygens (including phenoxy) is 1. The van der Waals surface area contributed by atoms with Gasteiger partial charge in [-0.25, -0.2) is 4.79 Å². The van der Waals surface area contributed by atoms with Crippen LogP contribution in [0.4, 0.5) is 0 Å². The van der Waals surface area contributed by atoms with E-state index in [0.29, 0.717) is 11.5 Å². The van der Waals surface area contributed by atoms with Crippen LogP contribution in [0.3, 0.4) is 0 Å². The molecule has 1 aliphatic rings. The van der Waals surface area contributed by atoms with Gasteiger partial charge in [-0.1, -0.05) is 31.4 Å². The summed E-state index contributed by atoms with van der Waals surface area (Å²) in [5.74, 6) is -0.813. The van der Waals surface area contributed by atoms with E-state index in [4.69, 9.17) is 9.84 Å². The third-order valence-electron chi connectivity index (χ3n) is 4.46. The largest absolute Gasteiger partial charge is 0.480 e. The molecule has 1 saturated carbocycles. The molecule has 1 fully saturated rings. The van der Waals surface area contributed by atoms with Crippen molar-refractivity contribution in [1.82, 2.24) is 5.32 Å². The summed E-state index contributed by atoms with van der Waals surface area (Å²) in [6, 6.07) is 6.63. The van der Waals surface area contributed by atoms with Crippen molar-refractivity contribution < 1.29 is 19.4 Å². The Hall–Kier alpha value is -1.88. The number of carbonyl (C=O) groups excluding carboxylic acids is 1. The summed E-state index contributed by atoms with van der Waals surface area (Å²) in [4.78, 5) is 23.4. The number of carboxylic acid groups (broad SMARTS) is 1. The number of hydrogen-bond acceptors (Lipinski definition) is 3. The summed E-state index contributed by atoms with van der Waals surface area (Å²) in [5.41, 5.74) is 1.77. The Kier molecular flexibility index (Phi) is 6.59. The van der Waals surface area contributed by atoms with Crippen LogP contribution in [0.1, 0.15) is 60.4 Å². The molecule has 23 heavy (non-hydrogen) atoms. The number of aliphatic carboxylic acids is 1. The molecule has 0 aromatic heterocycles. The van der Waals surface area contributed by atoms with Crippen molar-refractivity contribution >= 4 is 11.9 Å². The molecule has 1 atom stereocenters. The Morgan fingerprint density at radius 3 is 2.43 bits per heavy atom. The predicted molar refractivity (Wildman–Crippen MR) is 87.7 cm³/mol. The number of amides is 1. The van der Waals surface area contributed by atoms with Crippen molar-refractivity contribution in [3.63, 3.8) is 0 Å². The molecule has 0 saturated heterocycles. The van der Waals surface area contributed by atoms with Gasteiger partial charge in [-0.2, -0.15) is 0 Å². The summed E-state index contributed by atoms with van der Waals surface area (Å²) in [6.07, 6.45) is 6.53. The molecule has 1 amide bonds. The molecule has 0 spiro atoms. The van der Waals surface area contributed by atoms with Crippen LogP contribution in [0.5, 0.6) is 0 Å². The van der Waals surface area contributed by atoms with Crippen LogP contribution in [0.2, 0.25) is 0 Å². The first kappa shape index (κ1) is 17.5. The van der Waals surface area contributed by atoms with E-state index in [0.717, 1.165) is 0 Å². The summed E-state index contributed by atoms with van der Waals surface area (Å²) in [7, 11) is 1.50. The fourth-order valence-electron chi connectivity index (χ4n) is 3.08.